The lowest BCUT2D eigenvalue weighted by molar-refractivity contribution is 0.0696. The molecular weight excluding hydrogens is 859 g/mol. The number of amides is 1. The van der Waals surface area contributed by atoms with E-state index in [-0.39, 0.29) is 16.0 Å². The molecule has 9 aromatic rings. The summed E-state index contributed by atoms with van der Waals surface area (Å²) in [6.45, 7) is 4.89. The van der Waals surface area contributed by atoms with E-state index in [0.717, 1.165) is 67.9 Å². The van der Waals surface area contributed by atoms with Crippen LogP contribution in [-0.4, -0.2) is 34.5 Å². The zero-order valence-electron chi connectivity index (χ0n) is 36.8. The number of aromatic nitrogens is 2. The van der Waals surface area contributed by atoms with Crippen molar-refractivity contribution in [1.29, 1.82) is 0 Å². The maximum atomic E-state index is 12.9. The van der Waals surface area contributed by atoms with Crippen LogP contribution < -0.4 is 14.2 Å². The summed E-state index contributed by atoms with van der Waals surface area (Å²) in [7, 11) is -3.99. The lowest BCUT2D eigenvalue weighted by Crippen LogP contribution is -2.30. The lowest BCUT2D eigenvalue weighted by atomic mass is 10.1. The van der Waals surface area contributed by atoms with Gasteiger partial charge in [0.1, 0.15) is 24.7 Å². The van der Waals surface area contributed by atoms with Crippen LogP contribution in [0.3, 0.4) is 0 Å². The van der Waals surface area contributed by atoms with Gasteiger partial charge in [0.05, 0.1) is 21.8 Å². The Bertz CT molecular complexity index is 3260. The normalized spacial score (nSPS) is 11.0. The van der Waals surface area contributed by atoms with E-state index in [1.54, 1.807) is 54.6 Å². The lowest BCUT2D eigenvalue weighted by Gasteiger charge is -2.16. The highest BCUT2D eigenvalue weighted by Gasteiger charge is 2.21. The first-order valence-corrected chi connectivity index (χ1v) is 23.0. The number of rotatable bonds is 14. The number of aromatic carboxylic acids is 1. The van der Waals surface area contributed by atoms with Crippen LogP contribution in [0.15, 0.2) is 217 Å². The standard InChI is InChI=1S/C31H26N2O4S.C25H21NO3/c1-23-19-20-29(28-17-8-9-18-30(28)37-22-24-11-4-2-5-12-24)33(23)26-14-10-13-25(21-26)31(34)32-38(35,36)27-15-6-3-7-16-27;1-18-14-15-23(26(18)21-11-7-10-20(16-21)25(27)28)22-12-5-6-13-24(22)29-17-19-8-3-2-4-9-19/h2-21H,22H2,1H3,(H,32,34);2-16H,17H2,1H3,(H,27,28). The number of sulfonamides is 1. The molecule has 0 atom stereocenters. The third-order valence-electron chi connectivity index (χ3n) is 11.0. The van der Waals surface area contributed by atoms with Gasteiger partial charge in [-0.1, -0.05) is 115 Å². The first-order chi connectivity index (χ1) is 32.6. The number of hydrogen-bond acceptors (Lipinski definition) is 6. The highest BCUT2D eigenvalue weighted by atomic mass is 32.2. The van der Waals surface area contributed by atoms with E-state index < -0.39 is 21.9 Å². The quantitative estimate of drug-likeness (QED) is 0.111. The fourth-order valence-electron chi connectivity index (χ4n) is 7.67. The van der Waals surface area contributed by atoms with E-state index in [2.05, 4.69) is 9.29 Å². The van der Waals surface area contributed by atoms with Gasteiger partial charge in [-0.2, -0.15) is 0 Å². The van der Waals surface area contributed by atoms with Gasteiger partial charge in [0, 0.05) is 39.5 Å². The largest absolute Gasteiger partial charge is 0.488 e. The summed E-state index contributed by atoms with van der Waals surface area (Å²) in [6, 6.07) is 65.5. The molecule has 1 amide bonds. The second-order valence-electron chi connectivity index (χ2n) is 15.6. The Kier molecular flexibility index (Phi) is 13.9. The molecule has 7 aromatic carbocycles. The van der Waals surface area contributed by atoms with Crippen molar-refractivity contribution < 1.29 is 32.6 Å². The number of benzene rings is 7. The first kappa shape index (κ1) is 45.2. The molecule has 9 rings (SSSR count). The average molecular weight is 906 g/mol. The molecule has 2 heterocycles. The van der Waals surface area contributed by atoms with Crippen molar-refractivity contribution in [2.45, 2.75) is 32.0 Å². The third-order valence-corrected chi connectivity index (χ3v) is 12.3. The third kappa shape index (κ3) is 10.8. The van der Waals surface area contributed by atoms with Gasteiger partial charge in [0.15, 0.2) is 0 Å². The van der Waals surface area contributed by atoms with Crippen LogP contribution in [0, 0.1) is 13.8 Å². The van der Waals surface area contributed by atoms with E-state index in [0.29, 0.717) is 13.2 Å². The molecule has 0 radical (unpaired) electrons. The summed E-state index contributed by atoms with van der Waals surface area (Å²) >= 11 is 0. The molecule has 0 spiro atoms. The summed E-state index contributed by atoms with van der Waals surface area (Å²) in [5, 5.41) is 9.36. The van der Waals surface area contributed by atoms with Crippen LogP contribution in [0.25, 0.3) is 33.9 Å². The zero-order valence-corrected chi connectivity index (χ0v) is 37.6. The molecule has 67 heavy (non-hydrogen) atoms. The predicted octanol–water partition coefficient (Wildman–Crippen LogP) is 11.9. The van der Waals surface area contributed by atoms with E-state index in [4.69, 9.17) is 9.47 Å². The van der Waals surface area contributed by atoms with Gasteiger partial charge < -0.3 is 23.7 Å². The van der Waals surface area contributed by atoms with Crippen molar-refractivity contribution >= 4 is 21.9 Å². The van der Waals surface area contributed by atoms with Gasteiger partial charge in [-0.3, -0.25) is 4.79 Å². The minimum absolute atomic E-state index is 0.0279. The molecule has 2 aromatic heterocycles. The highest BCUT2D eigenvalue weighted by Crippen LogP contribution is 2.36. The Morgan fingerprint density at radius 3 is 1.39 bits per heavy atom. The number of aryl methyl sites for hydroxylation is 2. The predicted molar refractivity (Wildman–Crippen MR) is 261 cm³/mol. The molecular formula is C56H47N3O7S. The van der Waals surface area contributed by atoms with Crippen molar-refractivity contribution in [3.8, 4) is 45.4 Å². The van der Waals surface area contributed by atoms with Gasteiger partial charge in [-0.15, -0.1) is 0 Å². The molecule has 0 bridgehead atoms. The van der Waals surface area contributed by atoms with Gasteiger partial charge in [0.2, 0.25) is 0 Å². The molecule has 0 saturated carbocycles. The van der Waals surface area contributed by atoms with E-state index in [9.17, 15) is 23.1 Å². The molecule has 0 aliphatic rings. The number of para-hydroxylation sites is 2. The van der Waals surface area contributed by atoms with Crippen molar-refractivity contribution in [2.24, 2.45) is 0 Å². The van der Waals surface area contributed by atoms with E-state index >= 15 is 0 Å². The topological polar surface area (TPSA) is 129 Å². The molecule has 0 saturated heterocycles. The minimum Gasteiger partial charge on any atom is -0.488 e. The number of nitrogens with zero attached hydrogens (tertiary/aromatic N) is 2. The van der Waals surface area contributed by atoms with Crippen LogP contribution in [0.5, 0.6) is 11.5 Å². The fourth-order valence-corrected chi connectivity index (χ4v) is 8.66. The number of ether oxygens (including phenoxy) is 2. The number of carboxylic acid groups (broad SMARTS) is 1. The van der Waals surface area contributed by atoms with E-state index in [1.165, 1.54) is 12.1 Å². The van der Waals surface area contributed by atoms with Crippen molar-refractivity contribution in [3.63, 3.8) is 0 Å². The Morgan fingerprint density at radius 2 is 0.910 bits per heavy atom. The Labute approximate surface area is 390 Å². The van der Waals surface area contributed by atoms with Gasteiger partial charge in [-0.05, 0) is 122 Å². The number of carbonyl (C=O) groups is 2. The molecule has 0 unspecified atom stereocenters. The van der Waals surface area contributed by atoms with Gasteiger partial charge >= 0.3 is 5.97 Å². The SMILES string of the molecule is Cc1ccc(-c2ccccc2OCc2ccccc2)n1-c1cccc(C(=O)NS(=O)(=O)c2ccccc2)c1.Cc1ccc(-c2ccccc2OCc2ccccc2)n1-c1cccc(C(=O)O)c1. The Balaban J connectivity index is 0.000000188. The van der Waals surface area contributed by atoms with Crippen molar-refractivity contribution in [1.82, 2.24) is 13.9 Å². The van der Waals surface area contributed by atoms with Crippen LogP contribution in [0.2, 0.25) is 0 Å². The second-order valence-corrected chi connectivity index (χ2v) is 17.3. The summed E-state index contributed by atoms with van der Waals surface area (Å²) in [6.07, 6.45) is 0. The van der Waals surface area contributed by atoms with Crippen molar-refractivity contribution in [3.05, 3.63) is 246 Å². The summed E-state index contributed by atoms with van der Waals surface area (Å²) < 4.78 is 43.9. The molecule has 11 heteroatoms. The maximum Gasteiger partial charge on any atom is 0.335 e. The minimum atomic E-state index is -3.99. The highest BCUT2D eigenvalue weighted by molar-refractivity contribution is 7.90. The molecule has 334 valence electrons. The van der Waals surface area contributed by atoms with Gasteiger partial charge in [-0.25, -0.2) is 17.9 Å². The van der Waals surface area contributed by atoms with Gasteiger partial charge in [0.25, 0.3) is 15.9 Å². The van der Waals surface area contributed by atoms with Crippen molar-refractivity contribution in [2.75, 3.05) is 0 Å². The monoisotopic (exact) mass is 905 g/mol. The zero-order chi connectivity index (χ0) is 46.8. The summed E-state index contributed by atoms with van der Waals surface area (Å²) in [5.74, 6) is -0.123. The van der Waals surface area contributed by atoms with Crippen LogP contribution >= 0.6 is 0 Å². The Hall–Kier alpha value is -8.41. The van der Waals surface area contributed by atoms with Crippen LogP contribution in [-0.2, 0) is 23.2 Å². The smallest absolute Gasteiger partial charge is 0.335 e. The number of hydrogen-bond donors (Lipinski definition) is 2. The Morgan fingerprint density at radius 1 is 0.493 bits per heavy atom. The maximum absolute atomic E-state index is 12.9. The first-order valence-electron chi connectivity index (χ1n) is 21.5. The summed E-state index contributed by atoms with van der Waals surface area (Å²) in [4.78, 5) is 24.4. The number of carbonyl (C=O) groups excluding carboxylic acids is 1. The molecule has 0 fully saturated rings. The fraction of sp³-hybridized carbons (Fsp3) is 0.0714. The molecule has 0 aliphatic carbocycles. The molecule has 0 aliphatic heterocycles. The summed E-state index contributed by atoms with van der Waals surface area (Å²) in [5.41, 5.74) is 9.86. The molecule has 10 nitrogen and oxygen atoms in total. The van der Waals surface area contributed by atoms with E-state index in [1.807, 2.05) is 164 Å². The second kappa shape index (κ2) is 20.6. The number of carboxylic acids is 1. The average Bonchev–Trinajstić information content (AvgIpc) is 3.95. The number of nitrogens with one attached hydrogen (secondary N) is 1. The molecule has 2 N–H and O–H groups in total. The van der Waals surface area contributed by atoms with Crippen LogP contribution in [0.1, 0.15) is 43.2 Å². The van der Waals surface area contributed by atoms with Crippen LogP contribution in [0.4, 0.5) is 0 Å².